The first-order chi connectivity index (χ1) is 12.8. The second-order valence-electron chi connectivity index (χ2n) is 8.64. The molecule has 1 fully saturated rings. The van der Waals surface area contributed by atoms with Gasteiger partial charge in [0.1, 0.15) is 11.1 Å². The second-order valence-corrected chi connectivity index (χ2v) is 8.64. The molecule has 1 saturated heterocycles. The van der Waals surface area contributed by atoms with Gasteiger partial charge in [-0.2, -0.15) is 0 Å². The van der Waals surface area contributed by atoms with Crippen LogP contribution in [0.3, 0.4) is 0 Å². The van der Waals surface area contributed by atoms with Crippen LogP contribution >= 0.6 is 0 Å². The Balaban J connectivity index is 1.68. The molecular formula is C21H31N3O3. The molecule has 1 aliphatic heterocycles. The third-order valence-electron chi connectivity index (χ3n) is 5.19. The normalized spacial score (nSPS) is 18.8. The van der Waals surface area contributed by atoms with Crippen molar-refractivity contribution in [2.45, 2.75) is 57.6 Å². The molecule has 0 spiro atoms. The van der Waals surface area contributed by atoms with Crippen molar-refractivity contribution in [2.75, 3.05) is 26.2 Å². The Hall–Kier alpha value is -2.08. The van der Waals surface area contributed by atoms with Crippen molar-refractivity contribution in [3.8, 4) is 0 Å². The van der Waals surface area contributed by atoms with Crippen LogP contribution in [0.1, 0.15) is 44.7 Å². The van der Waals surface area contributed by atoms with Gasteiger partial charge in [0, 0.05) is 25.9 Å². The van der Waals surface area contributed by atoms with Crippen LogP contribution in [0.5, 0.6) is 0 Å². The van der Waals surface area contributed by atoms with Gasteiger partial charge in [0.05, 0.1) is 0 Å². The highest BCUT2D eigenvalue weighted by Crippen LogP contribution is 2.30. The predicted molar refractivity (Wildman–Crippen MR) is 105 cm³/mol. The third-order valence-corrected chi connectivity index (χ3v) is 5.19. The largest absolute Gasteiger partial charge is 0.444 e. The van der Waals surface area contributed by atoms with Crippen LogP contribution in [0.25, 0.3) is 0 Å². The summed E-state index contributed by atoms with van der Waals surface area (Å²) in [6, 6.07) is 7.97. The minimum absolute atomic E-state index is 0.135. The molecule has 0 atom stereocenters. The van der Waals surface area contributed by atoms with E-state index in [-0.39, 0.29) is 5.91 Å². The van der Waals surface area contributed by atoms with E-state index in [4.69, 9.17) is 4.74 Å². The highest BCUT2D eigenvalue weighted by Gasteiger charge is 2.45. The van der Waals surface area contributed by atoms with Crippen LogP contribution in [0, 0.1) is 0 Å². The maximum Gasteiger partial charge on any atom is 0.408 e. The van der Waals surface area contributed by atoms with Crippen molar-refractivity contribution in [3.63, 3.8) is 0 Å². The van der Waals surface area contributed by atoms with E-state index in [0.717, 1.165) is 30.8 Å². The Morgan fingerprint density at radius 1 is 1.11 bits per heavy atom. The van der Waals surface area contributed by atoms with Crippen LogP contribution in [-0.4, -0.2) is 54.2 Å². The van der Waals surface area contributed by atoms with E-state index < -0.39 is 17.2 Å². The average molecular weight is 373 g/mol. The van der Waals surface area contributed by atoms with Crippen LogP contribution in [-0.2, 0) is 22.4 Å². The average Bonchev–Trinajstić information content (AvgIpc) is 3.20. The molecule has 0 aromatic heterocycles. The number of hydrogen-bond donors (Lipinski definition) is 2. The lowest BCUT2D eigenvalue weighted by Crippen LogP contribution is -2.60. The molecular weight excluding hydrogens is 342 g/mol. The summed E-state index contributed by atoms with van der Waals surface area (Å²) in [6.07, 6.45) is 2.88. The van der Waals surface area contributed by atoms with Gasteiger partial charge in [-0.15, -0.1) is 0 Å². The van der Waals surface area contributed by atoms with Crippen molar-refractivity contribution in [1.82, 2.24) is 15.5 Å². The van der Waals surface area contributed by atoms with Crippen molar-refractivity contribution in [1.29, 1.82) is 0 Å². The summed E-state index contributed by atoms with van der Waals surface area (Å²) in [5, 5.41) is 5.93. The summed E-state index contributed by atoms with van der Waals surface area (Å²) in [5.74, 6) is -0.135. The van der Waals surface area contributed by atoms with Gasteiger partial charge in [0.25, 0.3) is 0 Å². The number of carbonyl (C=O) groups is 2. The van der Waals surface area contributed by atoms with Gasteiger partial charge in [-0.25, -0.2) is 4.79 Å². The number of alkyl carbamates (subject to hydrolysis) is 1. The fourth-order valence-corrected chi connectivity index (χ4v) is 3.92. The number of amides is 2. The van der Waals surface area contributed by atoms with E-state index in [1.165, 1.54) is 12.8 Å². The van der Waals surface area contributed by atoms with Gasteiger partial charge in [-0.05, 0) is 57.8 Å². The Morgan fingerprint density at radius 3 is 2.26 bits per heavy atom. The molecule has 1 heterocycles. The smallest absolute Gasteiger partial charge is 0.408 e. The van der Waals surface area contributed by atoms with Gasteiger partial charge < -0.3 is 20.3 Å². The molecule has 0 bridgehead atoms. The molecule has 2 aliphatic rings. The van der Waals surface area contributed by atoms with Gasteiger partial charge in [0.15, 0.2) is 0 Å². The lowest BCUT2D eigenvalue weighted by molar-refractivity contribution is -0.127. The Morgan fingerprint density at radius 2 is 1.70 bits per heavy atom. The molecule has 1 aromatic rings. The first-order valence-electron chi connectivity index (χ1n) is 9.86. The molecule has 0 saturated carbocycles. The lowest BCUT2D eigenvalue weighted by atomic mass is 9.94. The summed E-state index contributed by atoms with van der Waals surface area (Å²) >= 11 is 0. The number of fused-ring (bicyclic) bond motifs is 1. The number of carbonyl (C=O) groups excluding carboxylic acids is 2. The van der Waals surface area contributed by atoms with Crippen LogP contribution in [0.2, 0.25) is 0 Å². The lowest BCUT2D eigenvalue weighted by Gasteiger charge is -2.31. The number of nitrogens with one attached hydrogen (secondary N) is 2. The summed E-state index contributed by atoms with van der Waals surface area (Å²) in [7, 11) is 0. The first kappa shape index (κ1) is 19.7. The number of hydrogen-bond acceptors (Lipinski definition) is 4. The molecule has 2 N–H and O–H groups in total. The maximum atomic E-state index is 13.1. The van der Waals surface area contributed by atoms with Gasteiger partial charge >= 0.3 is 6.09 Å². The number of nitrogens with zero attached hydrogens (tertiary/aromatic N) is 1. The van der Waals surface area contributed by atoms with Crippen molar-refractivity contribution in [3.05, 3.63) is 35.4 Å². The van der Waals surface area contributed by atoms with E-state index in [9.17, 15) is 9.59 Å². The number of likely N-dealkylation sites (tertiary alicyclic amines) is 1. The molecule has 0 radical (unpaired) electrons. The molecule has 6 nitrogen and oxygen atoms in total. The number of ether oxygens (including phenoxy) is 1. The summed E-state index contributed by atoms with van der Waals surface area (Å²) < 4.78 is 5.42. The molecule has 6 heteroatoms. The van der Waals surface area contributed by atoms with Gasteiger partial charge in [0.2, 0.25) is 5.91 Å². The van der Waals surface area contributed by atoms with Crippen LogP contribution in [0.15, 0.2) is 24.3 Å². The molecule has 148 valence electrons. The van der Waals surface area contributed by atoms with Gasteiger partial charge in [-0.1, -0.05) is 24.3 Å². The van der Waals surface area contributed by atoms with E-state index in [2.05, 4.69) is 15.5 Å². The van der Waals surface area contributed by atoms with Crippen molar-refractivity contribution < 1.29 is 14.3 Å². The summed E-state index contributed by atoms with van der Waals surface area (Å²) in [6.45, 7) is 9.09. The first-order valence-corrected chi connectivity index (χ1v) is 9.86. The molecule has 27 heavy (non-hydrogen) atoms. The Kier molecular flexibility index (Phi) is 5.75. The maximum absolute atomic E-state index is 13.1. The highest BCUT2D eigenvalue weighted by molar-refractivity contribution is 5.91. The zero-order valence-electron chi connectivity index (χ0n) is 16.6. The summed E-state index contributed by atoms with van der Waals surface area (Å²) in [5.41, 5.74) is 0.603. The fourth-order valence-electron chi connectivity index (χ4n) is 3.92. The van der Waals surface area contributed by atoms with Crippen molar-refractivity contribution >= 4 is 12.0 Å². The standard InChI is InChI=1S/C21H31N3O3/c1-20(2,3)27-19(26)23-21(14-16-8-4-5-9-17(16)15-21)18(25)22-10-13-24-11-6-7-12-24/h4-5,8-9H,6-7,10-15H2,1-3H3,(H,22,25)(H,23,26). The minimum atomic E-state index is -0.989. The minimum Gasteiger partial charge on any atom is -0.444 e. The van der Waals surface area contributed by atoms with E-state index in [1.807, 2.05) is 45.0 Å². The van der Waals surface area contributed by atoms with Crippen LogP contribution < -0.4 is 10.6 Å². The zero-order valence-corrected chi connectivity index (χ0v) is 16.6. The van der Waals surface area contributed by atoms with Gasteiger partial charge in [-0.3, -0.25) is 4.79 Å². The molecule has 1 aromatic carbocycles. The Bertz CT molecular complexity index is 665. The fraction of sp³-hybridized carbons (Fsp3) is 0.619. The second kappa shape index (κ2) is 7.89. The van der Waals surface area contributed by atoms with E-state index >= 15 is 0 Å². The summed E-state index contributed by atoms with van der Waals surface area (Å²) in [4.78, 5) is 27.9. The number of rotatable bonds is 5. The van der Waals surface area contributed by atoms with E-state index in [1.54, 1.807) is 0 Å². The predicted octanol–water partition coefficient (Wildman–Crippen LogP) is 2.26. The topological polar surface area (TPSA) is 70.7 Å². The SMILES string of the molecule is CC(C)(C)OC(=O)NC1(C(=O)NCCN2CCCC2)Cc2ccccc2C1. The molecule has 0 unspecified atom stereocenters. The quantitative estimate of drug-likeness (QED) is 0.831. The monoisotopic (exact) mass is 373 g/mol. The molecule has 3 rings (SSSR count). The van der Waals surface area contributed by atoms with Crippen LogP contribution in [0.4, 0.5) is 4.79 Å². The third kappa shape index (κ3) is 5.01. The highest BCUT2D eigenvalue weighted by atomic mass is 16.6. The van der Waals surface area contributed by atoms with Crippen molar-refractivity contribution in [2.24, 2.45) is 0 Å². The zero-order chi connectivity index (χ0) is 19.5. The molecule has 1 aliphatic carbocycles. The number of benzene rings is 1. The Labute approximate surface area is 161 Å². The molecule has 2 amide bonds. The van der Waals surface area contributed by atoms with E-state index in [0.29, 0.717) is 19.4 Å².